The largest absolute Gasteiger partial charge is 0.361 e. The van der Waals surface area contributed by atoms with Crippen molar-refractivity contribution < 1.29 is 9.59 Å². The molecule has 5 heterocycles. The van der Waals surface area contributed by atoms with Crippen molar-refractivity contribution in [1.82, 2.24) is 19.9 Å². The summed E-state index contributed by atoms with van der Waals surface area (Å²) < 4.78 is 0. The Bertz CT molecular complexity index is 1630. The minimum atomic E-state index is -0.476. The van der Waals surface area contributed by atoms with Crippen LogP contribution in [-0.2, 0) is 31.2 Å². The van der Waals surface area contributed by atoms with Crippen molar-refractivity contribution in [3.63, 3.8) is 0 Å². The zero-order valence-corrected chi connectivity index (χ0v) is 24.7. The highest BCUT2D eigenvalue weighted by Gasteiger charge is 2.38. The van der Waals surface area contributed by atoms with Crippen LogP contribution in [0.4, 0.5) is 0 Å². The van der Waals surface area contributed by atoms with E-state index in [1.807, 2.05) is 12.2 Å². The van der Waals surface area contributed by atoms with Crippen LogP contribution < -0.4 is 0 Å². The molecule has 5 rings (SSSR count). The van der Waals surface area contributed by atoms with E-state index in [0.29, 0.717) is 0 Å². The molecule has 6 heteroatoms. The quantitative estimate of drug-likeness (QED) is 0.166. The number of hydrogen-bond donors (Lipinski definition) is 4. The number of allylic oxidation sites excluding steroid dienone is 2. The minimum Gasteiger partial charge on any atom is -0.361 e. The van der Waals surface area contributed by atoms with E-state index < -0.39 is 10.8 Å². The van der Waals surface area contributed by atoms with E-state index in [1.54, 1.807) is 12.2 Å². The molecule has 1 aliphatic rings. The number of aromatic nitrogens is 4. The monoisotopic (exact) mass is 536 g/mol. The highest BCUT2D eigenvalue weighted by molar-refractivity contribution is 5.76. The molecule has 0 unspecified atom stereocenters. The maximum Gasteiger partial charge on any atom is 0.142 e. The van der Waals surface area contributed by atoms with Gasteiger partial charge in [-0.05, 0) is 127 Å². The fraction of sp³-hybridized carbons (Fsp3) is 0.353. The van der Waals surface area contributed by atoms with Crippen molar-refractivity contribution in [2.45, 2.75) is 77.0 Å². The van der Waals surface area contributed by atoms with E-state index in [-0.39, 0.29) is 10.8 Å². The van der Waals surface area contributed by atoms with Gasteiger partial charge >= 0.3 is 0 Å². The van der Waals surface area contributed by atoms with Crippen molar-refractivity contribution in [3.05, 3.63) is 105 Å². The second-order valence-electron chi connectivity index (χ2n) is 13.1. The molecule has 0 saturated heterocycles. The molecule has 0 spiro atoms. The minimum absolute atomic E-state index is 0.290. The van der Waals surface area contributed by atoms with Crippen LogP contribution >= 0.6 is 0 Å². The summed E-state index contributed by atoms with van der Waals surface area (Å²) in [5, 5.41) is 0. The first-order valence-corrected chi connectivity index (χ1v) is 13.9. The van der Waals surface area contributed by atoms with Crippen molar-refractivity contribution in [1.29, 1.82) is 0 Å². The number of aldehydes is 2. The number of hydrogen-bond acceptors (Lipinski definition) is 2. The summed E-state index contributed by atoms with van der Waals surface area (Å²) in [5.74, 6) is 0. The van der Waals surface area contributed by atoms with Crippen molar-refractivity contribution in [2.75, 3.05) is 0 Å². The molecule has 4 N–H and O–H groups in total. The molecule has 6 nitrogen and oxygen atoms in total. The van der Waals surface area contributed by atoms with Gasteiger partial charge in [0.25, 0.3) is 0 Å². The smallest absolute Gasteiger partial charge is 0.142 e. The molecule has 208 valence electrons. The van der Waals surface area contributed by atoms with E-state index in [9.17, 15) is 9.59 Å². The van der Waals surface area contributed by atoms with Crippen molar-refractivity contribution in [3.8, 4) is 0 Å². The Balaban J connectivity index is 1.85. The van der Waals surface area contributed by atoms with Gasteiger partial charge in [0.2, 0.25) is 0 Å². The fourth-order valence-corrected chi connectivity index (χ4v) is 6.01. The summed E-state index contributed by atoms with van der Waals surface area (Å²) in [7, 11) is 0. The van der Waals surface area contributed by atoms with Crippen LogP contribution in [0.25, 0.3) is 12.2 Å². The lowest BCUT2D eigenvalue weighted by molar-refractivity contribution is -0.104. The number of fused-ring (bicyclic) bond motifs is 8. The van der Waals surface area contributed by atoms with E-state index >= 15 is 0 Å². The molecule has 0 radical (unpaired) electrons. The highest BCUT2D eigenvalue weighted by Crippen LogP contribution is 2.43. The lowest BCUT2D eigenvalue weighted by atomic mass is 9.83. The molecule has 0 saturated carbocycles. The predicted molar refractivity (Wildman–Crippen MR) is 162 cm³/mol. The fourth-order valence-electron chi connectivity index (χ4n) is 6.01. The zero-order valence-electron chi connectivity index (χ0n) is 24.7. The Morgan fingerprint density at radius 1 is 0.475 bits per heavy atom. The molecule has 4 aromatic heterocycles. The van der Waals surface area contributed by atoms with Gasteiger partial charge in [-0.1, -0.05) is 0 Å². The molecule has 8 bridgehead atoms. The van der Waals surface area contributed by atoms with Gasteiger partial charge in [-0.15, -0.1) is 0 Å². The average molecular weight is 537 g/mol. The third-order valence-corrected chi connectivity index (χ3v) is 9.07. The molecule has 40 heavy (non-hydrogen) atoms. The SMILES string of the molecule is CC1(C)c2ccc([nH]2)C(C)(C)c2cc(/C=C/C=O)c([nH]2)C(C)(C)c2cc(/C=C/C=O)c([nH]2)C(C)(C)c2ccc1[nH]2. The van der Waals surface area contributed by atoms with Gasteiger partial charge in [0.05, 0.1) is 0 Å². The predicted octanol–water partition coefficient (Wildman–Crippen LogP) is 7.04. The first-order chi connectivity index (χ1) is 18.7. The Morgan fingerprint density at radius 2 is 0.800 bits per heavy atom. The summed E-state index contributed by atoms with van der Waals surface area (Å²) in [6, 6.07) is 13.0. The maximum atomic E-state index is 11.3. The Labute approximate surface area is 236 Å². The van der Waals surface area contributed by atoms with Gasteiger partial charge in [0.1, 0.15) is 12.6 Å². The van der Waals surface area contributed by atoms with Gasteiger partial charge in [0.15, 0.2) is 0 Å². The molecule has 1 aliphatic heterocycles. The van der Waals surface area contributed by atoms with Crippen molar-refractivity contribution in [2.24, 2.45) is 0 Å². The number of nitrogens with one attached hydrogen (secondary N) is 4. The van der Waals surface area contributed by atoms with Crippen LogP contribution in [0.15, 0.2) is 48.6 Å². The van der Waals surface area contributed by atoms with Crippen LogP contribution in [0.1, 0.15) is 112 Å². The Kier molecular flexibility index (Phi) is 6.36. The molecule has 0 aliphatic carbocycles. The van der Waals surface area contributed by atoms with Crippen LogP contribution in [0.3, 0.4) is 0 Å². The summed E-state index contributed by atoms with van der Waals surface area (Å²) in [5.41, 5.74) is 8.91. The first kappa shape index (κ1) is 27.5. The van der Waals surface area contributed by atoms with E-state index in [0.717, 1.165) is 69.3 Å². The lowest BCUT2D eigenvalue weighted by Gasteiger charge is -2.28. The number of carbonyl (C=O) groups is 2. The first-order valence-electron chi connectivity index (χ1n) is 13.9. The second kappa shape index (κ2) is 9.26. The molecular formula is C34H40N4O2. The summed E-state index contributed by atoms with van der Waals surface area (Å²) in [4.78, 5) is 37.7. The van der Waals surface area contributed by atoms with E-state index in [1.165, 1.54) is 0 Å². The van der Waals surface area contributed by atoms with Crippen LogP contribution in [-0.4, -0.2) is 32.5 Å². The second-order valence-corrected chi connectivity index (χ2v) is 13.1. The Hall–Kier alpha value is -4.06. The topological polar surface area (TPSA) is 97.3 Å². The molecule has 0 amide bonds. The third kappa shape index (κ3) is 4.17. The van der Waals surface area contributed by atoms with Crippen LogP contribution in [0, 0.1) is 0 Å². The number of carbonyl (C=O) groups excluding carboxylic acids is 2. The van der Waals surface area contributed by atoms with Gasteiger partial charge < -0.3 is 19.9 Å². The molecule has 4 aromatic rings. The molecular weight excluding hydrogens is 496 g/mol. The standard InChI is InChI=1S/C34H40N4O2/c1-31(2)23-13-14-25(35-23)32(3,4)27-19-21(11-9-17-39)30(37-27)34(7,8)28-20-22(12-10-18-40)29(38-28)33(5,6)26-16-15-24(31)36-26/h9-20,35-38H,1-8H3/b11-9+,12-10+. The van der Waals surface area contributed by atoms with Crippen LogP contribution in [0.2, 0.25) is 0 Å². The normalized spacial score (nSPS) is 18.8. The zero-order chi connectivity index (χ0) is 29.1. The Morgan fingerprint density at radius 3 is 1.20 bits per heavy atom. The summed E-state index contributed by atoms with van der Waals surface area (Å²) >= 11 is 0. The molecule has 0 atom stereocenters. The number of H-pyrrole nitrogens is 4. The number of aromatic amines is 4. The van der Waals surface area contributed by atoms with Gasteiger partial charge in [-0.25, -0.2) is 0 Å². The van der Waals surface area contributed by atoms with E-state index in [4.69, 9.17) is 0 Å². The lowest BCUT2D eigenvalue weighted by Crippen LogP contribution is -2.26. The third-order valence-electron chi connectivity index (χ3n) is 9.07. The summed E-state index contributed by atoms with van der Waals surface area (Å²) in [6.45, 7) is 17.6. The van der Waals surface area contributed by atoms with Gasteiger partial charge in [-0.3, -0.25) is 9.59 Å². The van der Waals surface area contributed by atoms with Crippen LogP contribution in [0.5, 0.6) is 0 Å². The average Bonchev–Trinajstić information content (AvgIpc) is 3.70. The molecule has 0 fully saturated rings. The maximum absolute atomic E-state index is 11.3. The number of rotatable bonds is 4. The molecule has 0 aromatic carbocycles. The highest BCUT2D eigenvalue weighted by atomic mass is 16.1. The summed E-state index contributed by atoms with van der Waals surface area (Å²) in [6.07, 6.45) is 8.46. The van der Waals surface area contributed by atoms with Crippen molar-refractivity contribution >= 4 is 24.7 Å². The van der Waals surface area contributed by atoms with Gasteiger partial charge in [0, 0.05) is 67.2 Å². The van der Waals surface area contributed by atoms with E-state index in [2.05, 4.69) is 112 Å². The van der Waals surface area contributed by atoms with Gasteiger partial charge in [-0.2, -0.15) is 0 Å².